The molecule has 0 bridgehead atoms. The second kappa shape index (κ2) is 12.4. The SMILES string of the molecule is CCOC(=O)Cc1csc(NN=Cc2ccc(OCc3ccc(Cl)cc3Cl)c(OCC)c2)n1. The number of carbonyl (C=O) groups is 1. The van der Waals surface area contributed by atoms with E-state index in [9.17, 15) is 4.79 Å². The summed E-state index contributed by atoms with van der Waals surface area (Å²) in [5.41, 5.74) is 5.14. The van der Waals surface area contributed by atoms with E-state index in [1.165, 1.54) is 11.3 Å². The van der Waals surface area contributed by atoms with E-state index in [4.69, 9.17) is 37.4 Å². The van der Waals surface area contributed by atoms with E-state index in [1.807, 2.05) is 31.2 Å². The van der Waals surface area contributed by atoms with Gasteiger partial charge >= 0.3 is 5.97 Å². The number of aromatic nitrogens is 1. The number of halogens is 2. The first kappa shape index (κ1) is 24.8. The Bertz CT molecular complexity index is 1120. The number of thiazole rings is 1. The van der Waals surface area contributed by atoms with E-state index in [0.29, 0.717) is 45.6 Å². The summed E-state index contributed by atoms with van der Waals surface area (Å²) in [7, 11) is 0. The molecular weight excluding hydrogens is 485 g/mol. The smallest absolute Gasteiger partial charge is 0.311 e. The van der Waals surface area contributed by atoms with Crippen molar-refractivity contribution in [2.45, 2.75) is 26.9 Å². The Morgan fingerprint density at radius 3 is 2.73 bits per heavy atom. The minimum absolute atomic E-state index is 0.135. The van der Waals surface area contributed by atoms with Crippen LogP contribution in [0.1, 0.15) is 30.7 Å². The van der Waals surface area contributed by atoms with Crippen LogP contribution in [0.2, 0.25) is 10.0 Å². The average Bonchev–Trinajstić information content (AvgIpc) is 3.21. The lowest BCUT2D eigenvalue weighted by molar-refractivity contribution is -0.142. The van der Waals surface area contributed by atoms with Crippen molar-refractivity contribution in [2.24, 2.45) is 5.10 Å². The summed E-state index contributed by atoms with van der Waals surface area (Å²) in [6.45, 7) is 4.79. The first-order valence-electron chi connectivity index (χ1n) is 10.2. The van der Waals surface area contributed by atoms with E-state index < -0.39 is 0 Å². The van der Waals surface area contributed by atoms with E-state index in [1.54, 1.807) is 30.7 Å². The number of rotatable bonds is 11. The number of hydrogen-bond acceptors (Lipinski definition) is 8. The summed E-state index contributed by atoms with van der Waals surface area (Å²) >= 11 is 13.5. The Morgan fingerprint density at radius 2 is 1.97 bits per heavy atom. The van der Waals surface area contributed by atoms with Gasteiger partial charge in [-0.05, 0) is 49.7 Å². The van der Waals surface area contributed by atoms with Gasteiger partial charge in [0.15, 0.2) is 11.5 Å². The van der Waals surface area contributed by atoms with Gasteiger partial charge in [-0.25, -0.2) is 4.98 Å². The predicted molar refractivity (Wildman–Crippen MR) is 132 cm³/mol. The summed E-state index contributed by atoms with van der Waals surface area (Å²) in [5, 5.41) is 7.70. The molecule has 1 heterocycles. The molecule has 3 aromatic rings. The lowest BCUT2D eigenvalue weighted by Crippen LogP contribution is -2.07. The Balaban J connectivity index is 1.62. The molecule has 1 aromatic heterocycles. The Morgan fingerprint density at radius 1 is 1.12 bits per heavy atom. The fourth-order valence-electron chi connectivity index (χ4n) is 2.75. The molecule has 0 fully saturated rings. The maximum absolute atomic E-state index is 11.5. The van der Waals surface area contributed by atoms with Crippen LogP contribution in [0.3, 0.4) is 0 Å². The van der Waals surface area contributed by atoms with Gasteiger partial charge < -0.3 is 14.2 Å². The van der Waals surface area contributed by atoms with E-state index in [-0.39, 0.29) is 19.0 Å². The van der Waals surface area contributed by atoms with Crippen molar-refractivity contribution >= 4 is 51.9 Å². The fourth-order valence-corrected chi connectivity index (χ4v) is 3.87. The van der Waals surface area contributed by atoms with Gasteiger partial charge in [-0.3, -0.25) is 10.2 Å². The molecule has 33 heavy (non-hydrogen) atoms. The number of nitrogens with one attached hydrogen (secondary N) is 1. The number of hydrazone groups is 1. The number of ether oxygens (including phenoxy) is 3. The van der Waals surface area contributed by atoms with Crippen molar-refractivity contribution in [3.05, 3.63) is 68.6 Å². The van der Waals surface area contributed by atoms with E-state index >= 15 is 0 Å². The molecule has 0 aliphatic carbocycles. The van der Waals surface area contributed by atoms with Gasteiger partial charge in [0.1, 0.15) is 6.61 Å². The number of benzene rings is 2. The summed E-state index contributed by atoms with van der Waals surface area (Å²) in [6, 6.07) is 10.8. The van der Waals surface area contributed by atoms with E-state index in [2.05, 4.69) is 15.5 Å². The van der Waals surface area contributed by atoms with E-state index in [0.717, 1.165) is 11.1 Å². The highest BCUT2D eigenvalue weighted by atomic mass is 35.5. The average molecular weight is 508 g/mol. The summed E-state index contributed by atoms with van der Waals surface area (Å²) in [5.74, 6) is 0.885. The zero-order valence-electron chi connectivity index (χ0n) is 18.1. The predicted octanol–water partition coefficient (Wildman–Crippen LogP) is 5.98. The Labute approximate surface area is 206 Å². The Kier molecular flexibility index (Phi) is 9.35. The normalized spacial score (nSPS) is 10.9. The van der Waals surface area contributed by atoms with Crippen LogP contribution in [-0.2, 0) is 22.6 Å². The van der Waals surface area contributed by atoms with Crippen molar-refractivity contribution in [1.82, 2.24) is 4.98 Å². The molecule has 0 spiro atoms. The molecule has 0 saturated carbocycles. The molecule has 0 atom stereocenters. The molecule has 7 nitrogen and oxygen atoms in total. The number of anilines is 1. The van der Waals surface area contributed by atoms with Crippen LogP contribution in [0, 0.1) is 0 Å². The number of nitrogens with zero attached hydrogens (tertiary/aromatic N) is 2. The minimum atomic E-state index is -0.304. The van der Waals surface area contributed by atoms with Crippen molar-refractivity contribution in [1.29, 1.82) is 0 Å². The molecule has 174 valence electrons. The second-order valence-corrected chi connectivity index (χ2v) is 8.36. The molecule has 0 aliphatic rings. The number of carbonyl (C=O) groups excluding carboxylic acids is 1. The molecule has 0 saturated heterocycles. The first-order chi connectivity index (χ1) is 16.0. The standard InChI is InChI=1S/C23H23Cl2N3O4S/c1-3-30-21-9-15(5-8-20(21)32-13-16-6-7-17(24)10-19(16)25)12-26-28-23-27-18(14-33-23)11-22(29)31-4-2/h5-10,12,14H,3-4,11,13H2,1-2H3,(H,27,28). The monoisotopic (exact) mass is 507 g/mol. The Hall–Kier alpha value is -2.81. The lowest BCUT2D eigenvalue weighted by Gasteiger charge is -2.13. The highest BCUT2D eigenvalue weighted by molar-refractivity contribution is 7.13. The van der Waals surface area contributed by atoms with Crippen molar-refractivity contribution in [3.8, 4) is 11.5 Å². The van der Waals surface area contributed by atoms with Gasteiger partial charge in [0, 0.05) is 21.0 Å². The largest absolute Gasteiger partial charge is 0.490 e. The van der Waals surface area contributed by atoms with Crippen LogP contribution in [0.25, 0.3) is 0 Å². The van der Waals surface area contributed by atoms with Crippen LogP contribution in [0.5, 0.6) is 11.5 Å². The molecule has 2 aromatic carbocycles. The van der Waals surface area contributed by atoms with Crippen molar-refractivity contribution in [2.75, 3.05) is 18.6 Å². The van der Waals surface area contributed by atoms with Crippen LogP contribution < -0.4 is 14.9 Å². The molecule has 0 unspecified atom stereocenters. The van der Waals surface area contributed by atoms with Crippen molar-refractivity contribution in [3.63, 3.8) is 0 Å². The van der Waals surface area contributed by atoms with Gasteiger partial charge in [0.05, 0.1) is 31.5 Å². The van der Waals surface area contributed by atoms with Crippen LogP contribution in [0.4, 0.5) is 5.13 Å². The summed E-state index contributed by atoms with van der Waals surface area (Å²) in [4.78, 5) is 15.9. The number of hydrogen-bond donors (Lipinski definition) is 1. The zero-order chi connectivity index (χ0) is 23.6. The molecule has 0 aliphatic heterocycles. The molecule has 0 amide bonds. The lowest BCUT2D eigenvalue weighted by atomic mass is 10.2. The molecule has 1 N–H and O–H groups in total. The zero-order valence-corrected chi connectivity index (χ0v) is 20.5. The van der Waals surface area contributed by atoms with Crippen molar-refractivity contribution < 1.29 is 19.0 Å². The molecule has 10 heteroatoms. The van der Waals surface area contributed by atoms with Gasteiger partial charge in [-0.15, -0.1) is 11.3 Å². The third-order valence-corrected chi connectivity index (χ3v) is 5.60. The third-order valence-electron chi connectivity index (χ3n) is 4.22. The van der Waals surface area contributed by atoms with Gasteiger partial charge in [-0.2, -0.15) is 5.10 Å². The van der Waals surface area contributed by atoms with Crippen LogP contribution >= 0.6 is 34.5 Å². The van der Waals surface area contributed by atoms with Crippen LogP contribution in [0.15, 0.2) is 46.9 Å². The highest BCUT2D eigenvalue weighted by Gasteiger charge is 2.10. The van der Waals surface area contributed by atoms with Gasteiger partial charge in [-0.1, -0.05) is 29.3 Å². The summed E-state index contributed by atoms with van der Waals surface area (Å²) < 4.78 is 16.6. The number of esters is 1. The first-order valence-corrected chi connectivity index (χ1v) is 11.8. The quantitative estimate of drug-likeness (QED) is 0.195. The third kappa shape index (κ3) is 7.63. The summed E-state index contributed by atoms with van der Waals surface area (Å²) in [6.07, 6.45) is 1.78. The maximum Gasteiger partial charge on any atom is 0.311 e. The fraction of sp³-hybridized carbons (Fsp3) is 0.261. The topological polar surface area (TPSA) is 82.0 Å². The van der Waals surface area contributed by atoms with Crippen LogP contribution in [-0.4, -0.2) is 30.4 Å². The second-order valence-electron chi connectivity index (χ2n) is 6.66. The molecular formula is C23H23Cl2N3O4S. The molecule has 3 rings (SSSR count). The molecule has 0 radical (unpaired) electrons. The van der Waals surface area contributed by atoms with Gasteiger partial charge in [0.25, 0.3) is 0 Å². The van der Waals surface area contributed by atoms with Gasteiger partial charge in [0.2, 0.25) is 5.13 Å². The maximum atomic E-state index is 11.5. The highest BCUT2D eigenvalue weighted by Crippen LogP contribution is 2.30. The minimum Gasteiger partial charge on any atom is -0.490 e.